The number of rotatable bonds is 5. The van der Waals surface area contributed by atoms with Gasteiger partial charge in [-0.05, 0) is 101 Å². The number of benzene rings is 2. The van der Waals surface area contributed by atoms with E-state index in [-0.39, 0.29) is 25.8 Å². The highest BCUT2D eigenvalue weighted by molar-refractivity contribution is 8.00. The minimum Gasteiger partial charge on any atom is -0.444 e. The standard InChI is InChI=1S/C46H64F2N4O7S2/c1-30-14-10-9-13-23-44(25-26-44)61(57,58)51-40(55)46(24-21-34(46)37(47)48)50-38(53)35-28-45(60-27-22-30,33-19-17-32(18-20-33)31-15-11-8-12-16-31)29-52(35)39(54)36(42(2,3)4)49-41(56)59-43(5,6)7/h8,11-12,15-20,22,34-38,50,53H,9-10,13-14,21,23-29H2,1-7H3,(H,49,56)(H,51,55). The number of nitrogens with zero attached hydrogens (tertiary/aromatic N) is 1. The molecule has 6 unspecified atom stereocenters. The summed E-state index contributed by atoms with van der Waals surface area (Å²) in [5.41, 5.74) is 0.186. The van der Waals surface area contributed by atoms with Crippen LogP contribution in [0.5, 0.6) is 0 Å². The lowest BCUT2D eigenvalue weighted by Crippen LogP contribution is -2.73. The largest absolute Gasteiger partial charge is 0.444 e. The van der Waals surface area contributed by atoms with Crippen molar-refractivity contribution in [1.29, 1.82) is 0 Å². The van der Waals surface area contributed by atoms with E-state index >= 15 is 4.79 Å². The van der Waals surface area contributed by atoms with Gasteiger partial charge in [-0.3, -0.25) is 19.6 Å². The van der Waals surface area contributed by atoms with Crippen molar-refractivity contribution < 1.29 is 41.4 Å². The number of aliphatic hydroxyl groups is 1. The number of carbonyl (C=O) groups is 3. The normalized spacial score (nSPS) is 29.0. The maximum Gasteiger partial charge on any atom is 0.408 e. The number of ether oxygens (including phenoxy) is 1. The Morgan fingerprint density at radius 1 is 0.951 bits per heavy atom. The molecule has 15 heteroatoms. The first-order valence-electron chi connectivity index (χ1n) is 21.6. The van der Waals surface area contributed by atoms with E-state index in [0.717, 1.165) is 36.0 Å². The predicted octanol–water partition coefficient (Wildman–Crippen LogP) is 8.03. The number of halogens is 2. The van der Waals surface area contributed by atoms with Gasteiger partial charge in [0.1, 0.15) is 23.4 Å². The summed E-state index contributed by atoms with van der Waals surface area (Å²) in [6.07, 6.45) is 0.690. The van der Waals surface area contributed by atoms with E-state index in [9.17, 15) is 31.9 Å². The molecule has 2 heterocycles. The fourth-order valence-electron chi connectivity index (χ4n) is 9.08. The molecule has 2 spiro atoms. The monoisotopic (exact) mass is 886 g/mol. The van der Waals surface area contributed by atoms with Gasteiger partial charge >= 0.3 is 6.09 Å². The zero-order chi connectivity index (χ0) is 44.6. The Bertz CT molecular complexity index is 2050. The van der Waals surface area contributed by atoms with Crippen molar-refractivity contribution >= 4 is 39.7 Å². The van der Waals surface area contributed by atoms with Crippen LogP contribution in [0.15, 0.2) is 66.2 Å². The summed E-state index contributed by atoms with van der Waals surface area (Å²) in [4.78, 5) is 44.2. The molecule has 2 bridgehead atoms. The topological polar surface area (TPSA) is 154 Å². The Hall–Kier alpha value is -3.53. The number of alkyl halides is 2. The lowest BCUT2D eigenvalue weighted by Gasteiger charge is -2.50. The number of hydrogen-bond acceptors (Lipinski definition) is 9. The number of carbonyl (C=O) groups excluding carboxylic acids is 3. The fraction of sp³-hybridized carbons (Fsp3) is 0.630. The van der Waals surface area contributed by atoms with Crippen molar-refractivity contribution in [3.05, 3.63) is 71.8 Å². The molecule has 6 rings (SSSR count). The van der Waals surface area contributed by atoms with E-state index in [1.165, 1.54) is 10.5 Å². The van der Waals surface area contributed by atoms with Gasteiger partial charge in [-0.15, -0.1) is 11.8 Å². The Morgan fingerprint density at radius 2 is 1.61 bits per heavy atom. The molecule has 6 atom stereocenters. The maximum atomic E-state index is 15.2. The first kappa shape index (κ1) is 47.0. The number of sulfonamides is 1. The third-order valence-electron chi connectivity index (χ3n) is 13.0. The molecule has 0 radical (unpaired) electrons. The summed E-state index contributed by atoms with van der Waals surface area (Å²) < 4.78 is 63.2. The molecular formula is C46H64F2N4O7S2. The van der Waals surface area contributed by atoms with E-state index in [0.29, 0.717) is 31.4 Å². The van der Waals surface area contributed by atoms with Crippen LogP contribution in [0.25, 0.3) is 11.1 Å². The highest BCUT2D eigenvalue weighted by Gasteiger charge is 2.62. The van der Waals surface area contributed by atoms with Crippen molar-refractivity contribution in [2.75, 3.05) is 12.3 Å². The Balaban J connectivity index is 1.45. The van der Waals surface area contributed by atoms with Gasteiger partial charge in [0.2, 0.25) is 22.4 Å². The van der Waals surface area contributed by atoms with Crippen LogP contribution in [-0.2, 0) is 29.1 Å². The molecular weight excluding hydrogens is 823 g/mol. The SMILES string of the molecule is CC1=CCSC2(c3ccc(-c4ccccc4)cc3)CC(C(O)NC3(CCC3C(F)F)C(=O)NS(=O)(=O)C3(CCCCC1)CC3)N(C(=O)C(NC(=O)OC(C)(C)C)C(C)(C)C)C2. The zero-order valence-electron chi connectivity index (χ0n) is 36.6. The summed E-state index contributed by atoms with van der Waals surface area (Å²) in [5, 5.41) is 18.0. The second kappa shape index (κ2) is 17.9. The third kappa shape index (κ3) is 10.3. The number of amides is 3. The Labute approximate surface area is 364 Å². The molecule has 2 aromatic carbocycles. The zero-order valence-corrected chi connectivity index (χ0v) is 38.2. The Kier molecular flexibility index (Phi) is 13.8. The Morgan fingerprint density at radius 3 is 2.18 bits per heavy atom. The second-order valence-corrected chi connectivity index (χ2v) is 23.2. The van der Waals surface area contributed by atoms with E-state index in [2.05, 4.69) is 28.4 Å². The van der Waals surface area contributed by atoms with Crippen LogP contribution >= 0.6 is 11.8 Å². The minimum absolute atomic E-state index is 0.0639. The molecule has 2 aromatic rings. The van der Waals surface area contributed by atoms with Crippen LogP contribution in [0.1, 0.15) is 118 Å². The molecule has 0 aromatic heterocycles. The number of allylic oxidation sites excluding steroid dienone is 1. The number of hydrogen-bond donors (Lipinski definition) is 4. The van der Waals surface area contributed by atoms with E-state index in [1.807, 2.05) is 54.6 Å². The number of alkyl carbamates (subject to hydrolysis) is 1. The molecule has 2 saturated carbocycles. The summed E-state index contributed by atoms with van der Waals surface area (Å²) in [6.45, 7) is 12.7. The van der Waals surface area contributed by atoms with Gasteiger partial charge in [0.05, 0.1) is 15.5 Å². The molecule has 1 saturated heterocycles. The van der Waals surface area contributed by atoms with Crippen molar-refractivity contribution in [3.8, 4) is 11.1 Å². The lowest BCUT2D eigenvalue weighted by molar-refractivity contribution is -0.149. The van der Waals surface area contributed by atoms with E-state index < -0.39 is 84.6 Å². The summed E-state index contributed by atoms with van der Waals surface area (Å²) >= 11 is 1.61. The van der Waals surface area contributed by atoms with Gasteiger partial charge in [0.15, 0.2) is 0 Å². The van der Waals surface area contributed by atoms with Gasteiger partial charge in [-0.25, -0.2) is 22.0 Å². The highest BCUT2D eigenvalue weighted by Crippen LogP contribution is 2.51. The molecule has 3 fully saturated rings. The van der Waals surface area contributed by atoms with Crippen molar-refractivity contribution in [2.24, 2.45) is 11.3 Å². The first-order valence-corrected chi connectivity index (χ1v) is 24.0. The molecule has 3 amide bonds. The predicted molar refractivity (Wildman–Crippen MR) is 235 cm³/mol. The molecule has 11 nitrogen and oxygen atoms in total. The van der Waals surface area contributed by atoms with Gasteiger partial charge in [0, 0.05) is 18.2 Å². The van der Waals surface area contributed by atoms with Crippen LogP contribution in [0.4, 0.5) is 13.6 Å². The lowest BCUT2D eigenvalue weighted by atomic mass is 9.65. The average molecular weight is 887 g/mol. The number of aliphatic hydroxyl groups excluding tert-OH is 1. The first-order chi connectivity index (χ1) is 28.5. The molecule has 2 aliphatic heterocycles. The van der Waals surface area contributed by atoms with Crippen LogP contribution in [0.2, 0.25) is 0 Å². The molecule has 336 valence electrons. The van der Waals surface area contributed by atoms with Crippen molar-refractivity contribution in [3.63, 3.8) is 0 Å². The smallest absolute Gasteiger partial charge is 0.408 e. The summed E-state index contributed by atoms with van der Waals surface area (Å²) in [7, 11) is -4.26. The van der Waals surface area contributed by atoms with Gasteiger partial charge in [-0.1, -0.05) is 99.9 Å². The average Bonchev–Trinajstić information content (AvgIpc) is 3.87. The second-order valence-electron chi connectivity index (χ2n) is 19.7. The fourth-order valence-corrected chi connectivity index (χ4v) is 12.3. The van der Waals surface area contributed by atoms with Crippen molar-refractivity contribution in [2.45, 2.75) is 158 Å². The van der Waals surface area contributed by atoms with Gasteiger partial charge in [-0.2, -0.15) is 0 Å². The molecule has 2 aliphatic carbocycles. The molecule has 4 aliphatic rings. The number of thioether (sulfide) groups is 1. The van der Waals surface area contributed by atoms with Crippen LogP contribution in [0.3, 0.4) is 0 Å². The number of nitrogens with one attached hydrogen (secondary N) is 3. The quantitative estimate of drug-likeness (QED) is 0.219. The van der Waals surface area contributed by atoms with Gasteiger partial charge < -0.3 is 20.1 Å². The highest BCUT2D eigenvalue weighted by atomic mass is 32.2. The minimum atomic E-state index is -4.26. The van der Waals surface area contributed by atoms with E-state index in [4.69, 9.17) is 4.74 Å². The summed E-state index contributed by atoms with van der Waals surface area (Å²) in [5.74, 6) is -2.69. The molecule has 4 N–H and O–H groups in total. The van der Waals surface area contributed by atoms with E-state index in [1.54, 1.807) is 53.3 Å². The van der Waals surface area contributed by atoms with Crippen LogP contribution in [-0.4, -0.2) is 89.3 Å². The van der Waals surface area contributed by atoms with Crippen LogP contribution in [0, 0.1) is 11.3 Å². The van der Waals surface area contributed by atoms with Crippen LogP contribution < -0.4 is 15.4 Å². The maximum absolute atomic E-state index is 15.2. The van der Waals surface area contributed by atoms with Gasteiger partial charge in [0.25, 0.3) is 5.91 Å². The molecule has 61 heavy (non-hydrogen) atoms. The van der Waals surface area contributed by atoms with Crippen molar-refractivity contribution in [1.82, 2.24) is 20.3 Å². The summed E-state index contributed by atoms with van der Waals surface area (Å²) in [6, 6.07) is 15.7. The third-order valence-corrected chi connectivity index (χ3v) is 16.6. The number of fused-ring (bicyclic) bond motifs is 2. The number of likely N-dealkylation sites (tertiary alicyclic amines) is 1.